The first-order valence-corrected chi connectivity index (χ1v) is 7.19. The Bertz CT molecular complexity index is 581. The quantitative estimate of drug-likeness (QED) is 0.884. The standard InChI is InChI=1S/C15H18FN3O2/c16-12-6-4-11(5-7-12)15-18-17-14(21-15)10-19(8-9-20)13-2-1-3-13/h4-7,13,20H,1-3,8-10H2. The molecule has 0 radical (unpaired) electrons. The van der Waals surface area contributed by atoms with Crippen LogP contribution in [-0.4, -0.2) is 39.4 Å². The van der Waals surface area contributed by atoms with Gasteiger partial charge in [-0.2, -0.15) is 0 Å². The molecule has 0 aliphatic heterocycles. The van der Waals surface area contributed by atoms with E-state index in [1.54, 1.807) is 12.1 Å². The van der Waals surface area contributed by atoms with Crippen LogP contribution in [0.3, 0.4) is 0 Å². The average molecular weight is 291 g/mol. The van der Waals surface area contributed by atoms with Crippen molar-refractivity contribution in [2.24, 2.45) is 0 Å². The lowest BCUT2D eigenvalue weighted by Gasteiger charge is -2.36. The number of hydrogen-bond acceptors (Lipinski definition) is 5. The minimum Gasteiger partial charge on any atom is -0.419 e. The van der Waals surface area contributed by atoms with Gasteiger partial charge in [0, 0.05) is 18.2 Å². The molecule has 0 amide bonds. The highest BCUT2D eigenvalue weighted by atomic mass is 19.1. The number of benzene rings is 1. The highest BCUT2D eigenvalue weighted by Crippen LogP contribution is 2.26. The maximum atomic E-state index is 12.9. The number of aliphatic hydroxyl groups is 1. The fourth-order valence-corrected chi connectivity index (χ4v) is 2.47. The summed E-state index contributed by atoms with van der Waals surface area (Å²) in [4.78, 5) is 2.17. The topological polar surface area (TPSA) is 62.4 Å². The highest BCUT2D eigenvalue weighted by molar-refractivity contribution is 5.51. The van der Waals surface area contributed by atoms with Gasteiger partial charge in [0.2, 0.25) is 11.8 Å². The van der Waals surface area contributed by atoms with Crippen LogP contribution in [0.25, 0.3) is 11.5 Å². The van der Waals surface area contributed by atoms with Crippen molar-refractivity contribution in [3.63, 3.8) is 0 Å². The Morgan fingerprint density at radius 2 is 2.00 bits per heavy atom. The molecule has 0 bridgehead atoms. The van der Waals surface area contributed by atoms with E-state index in [0.29, 0.717) is 36.5 Å². The van der Waals surface area contributed by atoms with Gasteiger partial charge in [0.05, 0.1) is 13.2 Å². The van der Waals surface area contributed by atoms with Gasteiger partial charge in [-0.25, -0.2) is 4.39 Å². The van der Waals surface area contributed by atoms with Gasteiger partial charge in [-0.3, -0.25) is 4.90 Å². The second-order valence-corrected chi connectivity index (χ2v) is 5.29. The van der Waals surface area contributed by atoms with Gasteiger partial charge in [-0.05, 0) is 37.1 Å². The smallest absolute Gasteiger partial charge is 0.247 e. The summed E-state index contributed by atoms with van der Waals surface area (Å²) in [5, 5.41) is 17.2. The number of halogens is 1. The van der Waals surface area contributed by atoms with E-state index in [1.165, 1.54) is 18.6 Å². The molecular formula is C15H18FN3O2. The second kappa shape index (κ2) is 6.32. The molecule has 2 aromatic rings. The van der Waals surface area contributed by atoms with Crippen LogP contribution in [0.2, 0.25) is 0 Å². The van der Waals surface area contributed by atoms with Crippen molar-refractivity contribution in [2.45, 2.75) is 31.8 Å². The number of hydrogen-bond donors (Lipinski definition) is 1. The van der Waals surface area contributed by atoms with Gasteiger partial charge in [0.25, 0.3) is 0 Å². The molecule has 0 unspecified atom stereocenters. The minimum atomic E-state index is -0.294. The number of rotatable bonds is 6. The third kappa shape index (κ3) is 3.28. The van der Waals surface area contributed by atoms with E-state index in [9.17, 15) is 4.39 Å². The van der Waals surface area contributed by atoms with Crippen molar-refractivity contribution in [1.29, 1.82) is 0 Å². The predicted molar refractivity (Wildman–Crippen MR) is 74.8 cm³/mol. The second-order valence-electron chi connectivity index (χ2n) is 5.29. The monoisotopic (exact) mass is 291 g/mol. The lowest BCUT2D eigenvalue weighted by atomic mass is 9.91. The van der Waals surface area contributed by atoms with Gasteiger partial charge in [0.1, 0.15) is 5.82 Å². The van der Waals surface area contributed by atoms with Crippen LogP contribution in [0.4, 0.5) is 4.39 Å². The van der Waals surface area contributed by atoms with Crippen LogP contribution in [-0.2, 0) is 6.54 Å². The van der Waals surface area contributed by atoms with E-state index in [1.807, 2.05) is 0 Å². The van der Waals surface area contributed by atoms with E-state index in [0.717, 1.165) is 12.8 Å². The molecule has 6 heteroatoms. The molecule has 1 N–H and O–H groups in total. The summed E-state index contributed by atoms with van der Waals surface area (Å²) in [5.41, 5.74) is 0.701. The van der Waals surface area contributed by atoms with E-state index in [-0.39, 0.29) is 12.4 Å². The highest BCUT2D eigenvalue weighted by Gasteiger charge is 2.26. The number of aliphatic hydroxyl groups excluding tert-OH is 1. The zero-order valence-corrected chi connectivity index (χ0v) is 11.7. The zero-order valence-electron chi connectivity index (χ0n) is 11.7. The minimum absolute atomic E-state index is 0.120. The third-order valence-corrected chi connectivity index (χ3v) is 3.87. The molecule has 1 aromatic heterocycles. The molecule has 0 spiro atoms. The predicted octanol–water partition coefficient (Wildman–Crippen LogP) is 2.22. The Balaban J connectivity index is 1.70. The molecule has 5 nitrogen and oxygen atoms in total. The van der Waals surface area contributed by atoms with Gasteiger partial charge in [0.15, 0.2) is 0 Å². The molecule has 1 fully saturated rings. The van der Waals surface area contributed by atoms with Gasteiger partial charge < -0.3 is 9.52 Å². The maximum absolute atomic E-state index is 12.9. The summed E-state index contributed by atoms with van der Waals surface area (Å²) in [6.07, 6.45) is 3.54. The molecule has 0 atom stereocenters. The number of aromatic nitrogens is 2. The van der Waals surface area contributed by atoms with Crippen molar-refractivity contribution >= 4 is 0 Å². The molecule has 1 aliphatic carbocycles. The van der Waals surface area contributed by atoms with E-state index in [4.69, 9.17) is 9.52 Å². The molecule has 1 aromatic carbocycles. The molecule has 21 heavy (non-hydrogen) atoms. The number of nitrogens with zero attached hydrogens (tertiary/aromatic N) is 3. The normalized spacial score (nSPS) is 15.4. The lowest BCUT2D eigenvalue weighted by Crippen LogP contribution is -2.41. The van der Waals surface area contributed by atoms with Crippen molar-refractivity contribution < 1.29 is 13.9 Å². The van der Waals surface area contributed by atoms with Crippen LogP contribution < -0.4 is 0 Å². The molecule has 1 aliphatic rings. The largest absolute Gasteiger partial charge is 0.419 e. The molecular weight excluding hydrogens is 273 g/mol. The molecule has 1 saturated carbocycles. The van der Waals surface area contributed by atoms with Crippen LogP contribution in [0, 0.1) is 5.82 Å². The maximum Gasteiger partial charge on any atom is 0.247 e. The summed E-state index contributed by atoms with van der Waals surface area (Å²) in [7, 11) is 0. The summed E-state index contributed by atoms with van der Waals surface area (Å²) < 4.78 is 18.5. The fourth-order valence-electron chi connectivity index (χ4n) is 2.47. The Morgan fingerprint density at radius 1 is 1.24 bits per heavy atom. The van der Waals surface area contributed by atoms with Crippen molar-refractivity contribution in [1.82, 2.24) is 15.1 Å². The zero-order chi connectivity index (χ0) is 14.7. The first kappa shape index (κ1) is 14.2. The van der Waals surface area contributed by atoms with Crippen molar-refractivity contribution in [2.75, 3.05) is 13.2 Å². The van der Waals surface area contributed by atoms with Crippen molar-refractivity contribution in [3.8, 4) is 11.5 Å². The Labute approximate surface area is 122 Å². The van der Waals surface area contributed by atoms with Crippen LogP contribution in [0.1, 0.15) is 25.2 Å². The van der Waals surface area contributed by atoms with Gasteiger partial charge >= 0.3 is 0 Å². The summed E-state index contributed by atoms with van der Waals surface area (Å²) in [6, 6.07) is 6.46. The van der Waals surface area contributed by atoms with Gasteiger partial charge in [-0.1, -0.05) is 6.42 Å². The first-order chi connectivity index (χ1) is 10.3. The SMILES string of the molecule is OCCN(Cc1nnc(-c2ccc(F)cc2)o1)C1CCC1. The third-order valence-electron chi connectivity index (χ3n) is 3.87. The summed E-state index contributed by atoms with van der Waals surface area (Å²) in [6.45, 7) is 1.27. The first-order valence-electron chi connectivity index (χ1n) is 7.19. The van der Waals surface area contributed by atoms with E-state index < -0.39 is 0 Å². The summed E-state index contributed by atoms with van der Waals surface area (Å²) in [5.74, 6) is 0.620. The average Bonchev–Trinajstić information content (AvgIpc) is 2.86. The Morgan fingerprint density at radius 3 is 2.62 bits per heavy atom. The van der Waals surface area contributed by atoms with Crippen LogP contribution in [0.15, 0.2) is 28.7 Å². The summed E-state index contributed by atoms with van der Waals surface area (Å²) >= 11 is 0. The van der Waals surface area contributed by atoms with Gasteiger partial charge in [-0.15, -0.1) is 10.2 Å². The lowest BCUT2D eigenvalue weighted by molar-refractivity contribution is 0.0862. The Hall–Kier alpha value is -1.79. The Kier molecular flexibility index (Phi) is 4.26. The van der Waals surface area contributed by atoms with E-state index in [2.05, 4.69) is 15.1 Å². The molecule has 3 rings (SSSR count). The molecule has 112 valence electrons. The fraction of sp³-hybridized carbons (Fsp3) is 0.467. The van der Waals surface area contributed by atoms with Crippen molar-refractivity contribution in [3.05, 3.63) is 36.0 Å². The van der Waals surface area contributed by atoms with E-state index >= 15 is 0 Å². The molecule has 0 saturated heterocycles. The van der Waals surface area contributed by atoms with Crippen LogP contribution in [0.5, 0.6) is 0 Å². The molecule has 1 heterocycles. The van der Waals surface area contributed by atoms with Crippen LogP contribution >= 0.6 is 0 Å².